The Morgan fingerprint density at radius 1 is 1.27 bits per heavy atom. The molecule has 0 aliphatic heterocycles. The Balaban J connectivity index is 1.32. The molecule has 12 heteroatoms. The quantitative estimate of drug-likeness (QED) is 0.321. The van der Waals surface area contributed by atoms with Crippen LogP contribution in [0.15, 0.2) is 36.9 Å². The van der Waals surface area contributed by atoms with Crippen LogP contribution in [-0.4, -0.2) is 58.8 Å². The minimum atomic E-state index is -1.23. The van der Waals surface area contributed by atoms with Crippen molar-refractivity contribution in [3.8, 4) is 11.3 Å². The predicted molar refractivity (Wildman–Crippen MR) is 136 cm³/mol. The average molecular weight is 510 g/mol. The van der Waals surface area contributed by atoms with E-state index in [-0.39, 0.29) is 18.4 Å². The van der Waals surface area contributed by atoms with Crippen LogP contribution in [0.4, 0.5) is 21.0 Å². The number of rotatable bonds is 8. The fraction of sp³-hybridized carbons (Fsp3) is 0.480. The van der Waals surface area contributed by atoms with E-state index in [1.807, 2.05) is 47.5 Å². The molecular formula is C25H32FN9O2. The topological polar surface area (TPSA) is 127 Å². The molecule has 0 saturated heterocycles. The van der Waals surface area contributed by atoms with Gasteiger partial charge in [-0.15, -0.1) is 0 Å². The van der Waals surface area contributed by atoms with Gasteiger partial charge in [0, 0.05) is 60.5 Å². The molecule has 11 nitrogen and oxygen atoms in total. The van der Waals surface area contributed by atoms with Crippen molar-refractivity contribution in [2.75, 3.05) is 5.32 Å². The van der Waals surface area contributed by atoms with E-state index in [9.17, 15) is 9.18 Å². The second-order valence-electron chi connectivity index (χ2n) is 10.2. The molecule has 0 unspecified atom stereocenters. The molecule has 1 aliphatic rings. The van der Waals surface area contributed by atoms with Crippen LogP contribution in [0, 0.1) is 5.92 Å². The van der Waals surface area contributed by atoms with Crippen LogP contribution in [0.25, 0.3) is 16.9 Å². The fourth-order valence-corrected chi connectivity index (χ4v) is 4.58. The molecule has 0 bridgehead atoms. The maximum absolute atomic E-state index is 14.6. The summed E-state index contributed by atoms with van der Waals surface area (Å²) in [4.78, 5) is 21.1. The van der Waals surface area contributed by atoms with Crippen molar-refractivity contribution in [3.05, 3.63) is 42.6 Å². The number of carbonyl (C=O) groups is 1. The number of ether oxygens (including phenoxy) is 1. The molecule has 37 heavy (non-hydrogen) atoms. The summed E-state index contributed by atoms with van der Waals surface area (Å²) in [6.07, 6.45) is 5.32. The molecule has 4 aromatic heterocycles. The third kappa shape index (κ3) is 5.57. The minimum absolute atomic E-state index is 0.0747. The Kier molecular flexibility index (Phi) is 6.81. The standard InChI is InChI=1S/C25H32FN9O2/c1-14(2)12-34-13-17(11-28-34)19-10-23-27-5-6-35(23)24(30-19)31-22-9-20(32-33-22)16-7-18(26)21(8-16)37-25(36)29-15(3)4/h5-6,9-11,13-16,18,21H,7-8,12H2,1-4H3,(H,29,36)(H2,30,31,32,33)/t16-,18+,21-/m0/s1. The number of amides is 1. The van der Waals surface area contributed by atoms with Crippen LogP contribution >= 0.6 is 0 Å². The van der Waals surface area contributed by atoms with Crippen molar-refractivity contribution in [3.63, 3.8) is 0 Å². The zero-order chi connectivity index (χ0) is 26.1. The van der Waals surface area contributed by atoms with Gasteiger partial charge < -0.3 is 15.4 Å². The number of aromatic nitrogens is 7. The molecule has 3 atom stereocenters. The highest BCUT2D eigenvalue weighted by Crippen LogP contribution is 2.38. The van der Waals surface area contributed by atoms with Gasteiger partial charge in [-0.3, -0.25) is 14.2 Å². The van der Waals surface area contributed by atoms with Gasteiger partial charge in [-0.05, 0) is 32.6 Å². The predicted octanol–water partition coefficient (Wildman–Crippen LogP) is 4.43. The molecule has 4 heterocycles. The lowest BCUT2D eigenvalue weighted by Gasteiger charge is -2.16. The maximum Gasteiger partial charge on any atom is 0.407 e. The molecule has 3 N–H and O–H groups in total. The first-order chi connectivity index (χ1) is 17.7. The van der Waals surface area contributed by atoms with E-state index in [4.69, 9.17) is 9.72 Å². The Hall–Kier alpha value is -3.96. The van der Waals surface area contributed by atoms with Gasteiger partial charge in [0.2, 0.25) is 5.95 Å². The molecule has 0 aromatic carbocycles. The molecular weight excluding hydrogens is 477 g/mol. The monoisotopic (exact) mass is 509 g/mol. The summed E-state index contributed by atoms with van der Waals surface area (Å²) in [5, 5.41) is 17.7. The number of aromatic amines is 1. The molecule has 0 spiro atoms. The van der Waals surface area contributed by atoms with Crippen molar-refractivity contribution >= 4 is 23.5 Å². The van der Waals surface area contributed by atoms with Gasteiger partial charge in [0.1, 0.15) is 17.9 Å². The number of alkyl carbamates (subject to hydrolysis) is 1. The smallest absolute Gasteiger partial charge is 0.407 e. The minimum Gasteiger partial charge on any atom is -0.443 e. The lowest BCUT2D eigenvalue weighted by Crippen LogP contribution is -2.35. The van der Waals surface area contributed by atoms with Crippen LogP contribution in [0.2, 0.25) is 0 Å². The van der Waals surface area contributed by atoms with Crippen molar-refractivity contribution in [1.29, 1.82) is 0 Å². The third-order valence-electron chi connectivity index (χ3n) is 6.24. The summed E-state index contributed by atoms with van der Waals surface area (Å²) in [5.74, 6) is 1.42. The van der Waals surface area contributed by atoms with Gasteiger partial charge in [-0.2, -0.15) is 10.2 Å². The number of nitrogens with zero attached hydrogens (tertiary/aromatic N) is 6. The number of fused-ring (bicyclic) bond motifs is 1. The zero-order valence-electron chi connectivity index (χ0n) is 21.3. The summed E-state index contributed by atoms with van der Waals surface area (Å²) in [7, 11) is 0. The van der Waals surface area contributed by atoms with Crippen LogP contribution in [0.5, 0.6) is 0 Å². The number of imidazole rings is 1. The molecule has 5 rings (SSSR count). The van der Waals surface area contributed by atoms with Crippen molar-refractivity contribution in [2.24, 2.45) is 5.92 Å². The van der Waals surface area contributed by atoms with Gasteiger partial charge in [-0.25, -0.2) is 19.2 Å². The highest BCUT2D eigenvalue weighted by molar-refractivity contribution is 5.68. The van der Waals surface area contributed by atoms with Crippen LogP contribution in [0.1, 0.15) is 52.1 Å². The molecule has 196 valence electrons. The molecule has 1 saturated carbocycles. The van der Waals surface area contributed by atoms with Gasteiger partial charge in [0.05, 0.1) is 11.9 Å². The van der Waals surface area contributed by atoms with E-state index in [2.05, 4.69) is 44.8 Å². The molecule has 4 aromatic rings. The lowest BCUT2D eigenvalue weighted by molar-refractivity contribution is 0.0593. The van der Waals surface area contributed by atoms with Crippen LogP contribution in [-0.2, 0) is 11.3 Å². The number of hydrogen-bond acceptors (Lipinski definition) is 7. The Labute approximate surface area is 213 Å². The summed E-state index contributed by atoms with van der Waals surface area (Å²) in [6, 6.07) is 3.67. The summed E-state index contributed by atoms with van der Waals surface area (Å²) in [5.41, 5.74) is 3.14. The zero-order valence-corrected chi connectivity index (χ0v) is 21.3. The largest absolute Gasteiger partial charge is 0.443 e. The Morgan fingerprint density at radius 3 is 2.89 bits per heavy atom. The van der Waals surface area contributed by atoms with E-state index in [1.165, 1.54) is 0 Å². The number of anilines is 2. The number of alkyl halides is 1. The summed E-state index contributed by atoms with van der Waals surface area (Å²) in [6.45, 7) is 8.76. The lowest BCUT2D eigenvalue weighted by atomic mass is 10.0. The van der Waals surface area contributed by atoms with E-state index in [0.717, 1.165) is 29.1 Å². The SMILES string of the molecule is CC(C)Cn1cc(-c2cc3nccn3c(Nc3cc([C@H]4C[C@@H](F)[C@@H](OC(=O)NC(C)C)C4)[nH]n3)n2)cn1. The van der Waals surface area contributed by atoms with Crippen molar-refractivity contribution < 1.29 is 13.9 Å². The third-order valence-corrected chi connectivity index (χ3v) is 6.24. The first-order valence-corrected chi connectivity index (χ1v) is 12.6. The summed E-state index contributed by atoms with van der Waals surface area (Å²) < 4.78 is 23.7. The highest BCUT2D eigenvalue weighted by atomic mass is 19.1. The second kappa shape index (κ2) is 10.2. The summed E-state index contributed by atoms with van der Waals surface area (Å²) >= 11 is 0. The normalized spacial score (nSPS) is 19.7. The Bertz CT molecular complexity index is 1380. The van der Waals surface area contributed by atoms with Crippen LogP contribution < -0.4 is 10.6 Å². The highest BCUT2D eigenvalue weighted by Gasteiger charge is 2.38. The van der Waals surface area contributed by atoms with Crippen molar-refractivity contribution in [2.45, 2.75) is 71.3 Å². The molecule has 1 fully saturated rings. The number of nitrogens with one attached hydrogen (secondary N) is 3. The van der Waals surface area contributed by atoms with Gasteiger partial charge in [-0.1, -0.05) is 13.8 Å². The maximum atomic E-state index is 14.6. The second-order valence-corrected chi connectivity index (χ2v) is 10.2. The van der Waals surface area contributed by atoms with Gasteiger partial charge >= 0.3 is 6.09 Å². The van der Waals surface area contributed by atoms with Gasteiger partial charge in [0.15, 0.2) is 5.82 Å². The van der Waals surface area contributed by atoms with E-state index in [0.29, 0.717) is 24.1 Å². The van der Waals surface area contributed by atoms with Crippen molar-refractivity contribution in [1.82, 2.24) is 39.7 Å². The first-order valence-electron chi connectivity index (χ1n) is 12.6. The molecule has 1 amide bonds. The van der Waals surface area contributed by atoms with E-state index in [1.54, 1.807) is 12.4 Å². The number of halogens is 1. The number of carbonyl (C=O) groups excluding carboxylic acids is 1. The first kappa shape index (κ1) is 24.7. The average Bonchev–Trinajstić information content (AvgIpc) is 3.61. The molecule has 1 aliphatic carbocycles. The van der Waals surface area contributed by atoms with Crippen LogP contribution in [0.3, 0.4) is 0 Å². The number of H-pyrrole nitrogens is 1. The number of hydrogen-bond donors (Lipinski definition) is 3. The molecule has 0 radical (unpaired) electrons. The van der Waals surface area contributed by atoms with Gasteiger partial charge in [0.25, 0.3) is 0 Å². The fourth-order valence-electron chi connectivity index (χ4n) is 4.58. The van der Waals surface area contributed by atoms with E-state index >= 15 is 0 Å². The Morgan fingerprint density at radius 2 is 2.11 bits per heavy atom. The van der Waals surface area contributed by atoms with E-state index < -0.39 is 18.4 Å².